The molecule has 4 rings (SSSR count). The van der Waals surface area contributed by atoms with Crippen LogP contribution in [0.5, 0.6) is 0 Å². The minimum absolute atomic E-state index is 0.150. The zero-order valence-corrected chi connectivity index (χ0v) is 18.5. The Kier molecular flexibility index (Phi) is 6.50. The normalized spacial score (nSPS) is 14.1. The summed E-state index contributed by atoms with van der Waals surface area (Å²) in [6, 6.07) is 9.36. The van der Waals surface area contributed by atoms with Gasteiger partial charge in [-0.3, -0.25) is 5.10 Å². The Labute approximate surface area is 186 Å². The number of hydrogen-bond donors (Lipinski definition) is 5. The number of H-pyrrole nitrogens is 1. The van der Waals surface area contributed by atoms with Crippen LogP contribution in [0.25, 0.3) is 0 Å². The Morgan fingerprint density at radius 1 is 1.03 bits per heavy atom. The molecule has 1 aromatic carbocycles. The fraction of sp³-hybridized carbons (Fsp3) is 0.364. The van der Waals surface area contributed by atoms with Gasteiger partial charge in [0, 0.05) is 54.2 Å². The molecule has 2 amide bonds. The molecule has 0 aliphatic carbocycles. The highest BCUT2D eigenvalue weighted by Crippen LogP contribution is 2.24. The number of carbonyl (C=O) groups is 1. The summed E-state index contributed by atoms with van der Waals surface area (Å²) in [6.07, 6.45) is 1.67. The molecule has 32 heavy (non-hydrogen) atoms. The van der Waals surface area contributed by atoms with Gasteiger partial charge in [0.25, 0.3) is 0 Å². The van der Waals surface area contributed by atoms with Gasteiger partial charge >= 0.3 is 6.03 Å². The summed E-state index contributed by atoms with van der Waals surface area (Å²) >= 11 is 0. The lowest BCUT2D eigenvalue weighted by Crippen LogP contribution is -2.41. The molecule has 1 saturated heterocycles. The number of aromatic amines is 1. The first kappa shape index (κ1) is 21.6. The molecule has 3 heterocycles. The number of nitrogens with one attached hydrogen (secondary N) is 5. The van der Waals surface area contributed by atoms with E-state index in [0.717, 1.165) is 41.2 Å². The molecule has 0 saturated carbocycles. The topological polar surface area (TPSA) is 129 Å². The number of urea groups is 1. The highest BCUT2D eigenvalue weighted by atomic mass is 16.5. The number of carbonyl (C=O) groups excluding carboxylic acids is 1. The maximum Gasteiger partial charge on any atom is 0.319 e. The molecule has 0 atom stereocenters. The van der Waals surface area contributed by atoms with Crippen molar-refractivity contribution in [3.05, 3.63) is 47.3 Å². The molecule has 1 aliphatic rings. The second kappa shape index (κ2) is 9.65. The summed E-state index contributed by atoms with van der Waals surface area (Å²) in [5, 5.41) is 19.4. The summed E-state index contributed by atoms with van der Waals surface area (Å²) in [4.78, 5) is 21.3. The van der Waals surface area contributed by atoms with Crippen molar-refractivity contribution in [3.8, 4) is 0 Å². The summed E-state index contributed by atoms with van der Waals surface area (Å²) in [7, 11) is 0. The zero-order chi connectivity index (χ0) is 22.5. The fourth-order valence-electron chi connectivity index (χ4n) is 3.50. The van der Waals surface area contributed by atoms with E-state index in [1.165, 1.54) is 0 Å². The van der Waals surface area contributed by atoms with Crippen LogP contribution in [-0.4, -0.2) is 45.5 Å². The molecular formula is C22H28N8O2. The second-order valence-corrected chi connectivity index (χ2v) is 7.92. The lowest BCUT2D eigenvalue weighted by Gasteiger charge is -2.23. The van der Waals surface area contributed by atoms with Crippen molar-refractivity contribution in [1.29, 1.82) is 0 Å². The smallest absolute Gasteiger partial charge is 0.319 e. The fourth-order valence-corrected chi connectivity index (χ4v) is 3.50. The zero-order valence-electron chi connectivity index (χ0n) is 18.5. The Hall–Kier alpha value is -3.66. The number of rotatable bonds is 6. The first-order valence-corrected chi connectivity index (χ1v) is 10.6. The molecule has 0 radical (unpaired) electrons. The van der Waals surface area contributed by atoms with Gasteiger partial charge in [0.05, 0.1) is 0 Å². The van der Waals surface area contributed by atoms with Crippen molar-refractivity contribution in [2.75, 3.05) is 29.2 Å². The van der Waals surface area contributed by atoms with Crippen LogP contribution in [0.1, 0.15) is 29.8 Å². The average Bonchev–Trinajstić information content (AvgIpc) is 3.15. The van der Waals surface area contributed by atoms with Crippen LogP contribution in [0.4, 0.5) is 33.8 Å². The van der Waals surface area contributed by atoms with Gasteiger partial charge in [-0.05, 0) is 57.4 Å². The van der Waals surface area contributed by atoms with Crippen LogP contribution in [-0.2, 0) is 4.74 Å². The van der Waals surface area contributed by atoms with Crippen molar-refractivity contribution in [1.82, 2.24) is 25.5 Å². The molecule has 10 heteroatoms. The molecule has 0 bridgehead atoms. The molecule has 10 nitrogen and oxygen atoms in total. The van der Waals surface area contributed by atoms with E-state index >= 15 is 0 Å². The van der Waals surface area contributed by atoms with Gasteiger partial charge < -0.3 is 26.0 Å². The van der Waals surface area contributed by atoms with E-state index in [2.05, 4.69) is 41.4 Å². The van der Waals surface area contributed by atoms with Gasteiger partial charge in [-0.1, -0.05) is 0 Å². The van der Waals surface area contributed by atoms with Crippen molar-refractivity contribution in [2.24, 2.45) is 0 Å². The number of ether oxygens (including phenoxy) is 1. The van der Waals surface area contributed by atoms with E-state index in [4.69, 9.17) is 4.74 Å². The van der Waals surface area contributed by atoms with E-state index in [1.807, 2.05) is 51.1 Å². The third-order valence-electron chi connectivity index (χ3n) is 5.10. The Bertz CT molecular complexity index is 1090. The molecule has 2 aromatic heterocycles. The van der Waals surface area contributed by atoms with Gasteiger partial charge in [-0.25, -0.2) is 9.78 Å². The molecule has 0 spiro atoms. The summed E-state index contributed by atoms with van der Waals surface area (Å²) < 4.78 is 5.33. The van der Waals surface area contributed by atoms with Crippen molar-refractivity contribution < 1.29 is 9.53 Å². The molecule has 1 aliphatic heterocycles. The molecule has 0 unspecified atom stereocenters. The maximum atomic E-state index is 12.3. The third kappa shape index (κ3) is 5.73. The van der Waals surface area contributed by atoms with Gasteiger partial charge in [0.1, 0.15) is 5.82 Å². The van der Waals surface area contributed by atoms with E-state index in [9.17, 15) is 4.79 Å². The quantitative estimate of drug-likeness (QED) is 0.396. The Morgan fingerprint density at radius 2 is 1.84 bits per heavy atom. The van der Waals surface area contributed by atoms with Gasteiger partial charge in [0.15, 0.2) is 5.82 Å². The average molecular weight is 437 g/mol. The van der Waals surface area contributed by atoms with Crippen LogP contribution in [0.2, 0.25) is 0 Å². The van der Waals surface area contributed by atoms with Gasteiger partial charge in [-0.2, -0.15) is 10.1 Å². The van der Waals surface area contributed by atoms with Gasteiger partial charge in [0.2, 0.25) is 5.95 Å². The van der Waals surface area contributed by atoms with Crippen LogP contribution in [0.3, 0.4) is 0 Å². The molecular weight excluding hydrogens is 408 g/mol. The first-order valence-electron chi connectivity index (χ1n) is 10.6. The van der Waals surface area contributed by atoms with Crippen LogP contribution in [0.15, 0.2) is 30.3 Å². The SMILES string of the molecule is Cc1cc(Nc2cc(C)[nH]n2)nc(Nc2ccc(NC(=O)NC3CCOCC3)cc2C)n1. The molecule has 5 N–H and O–H groups in total. The Balaban J connectivity index is 1.40. The van der Waals surface area contributed by atoms with Gasteiger partial charge in [-0.15, -0.1) is 0 Å². The lowest BCUT2D eigenvalue weighted by molar-refractivity contribution is 0.0806. The standard InChI is InChI=1S/C22H28N8O2/c1-13-10-17(25-22(31)24-16-6-8-32-9-7-16)4-5-18(13)26-21-23-14(2)11-19(28-21)27-20-12-15(3)29-30-20/h4-5,10-12,16H,6-9H2,1-3H3,(H2,24,25,31)(H3,23,26,27,28,29,30). The summed E-state index contributed by atoms with van der Waals surface area (Å²) in [6.45, 7) is 7.18. The lowest BCUT2D eigenvalue weighted by atomic mass is 10.1. The van der Waals surface area contributed by atoms with E-state index in [1.54, 1.807) is 0 Å². The van der Waals surface area contributed by atoms with Crippen molar-refractivity contribution in [2.45, 2.75) is 39.7 Å². The predicted molar refractivity (Wildman–Crippen MR) is 124 cm³/mol. The highest BCUT2D eigenvalue weighted by Gasteiger charge is 2.16. The number of benzene rings is 1. The number of nitrogens with zero attached hydrogens (tertiary/aromatic N) is 3. The largest absolute Gasteiger partial charge is 0.381 e. The molecule has 168 valence electrons. The molecule has 1 fully saturated rings. The summed E-state index contributed by atoms with van der Waals surface area (Å²) in [5.41, 5.74) is 4.31. The van der Waals surface area contributed by atoms with E-state index in [0.29, 0.717) is 30.8 Å². The number of aromatic nitrogens is 4. The first-order chi connectivity index (χ1) is 15.4. The predicted octanol–water partition coefficient (Wildman–Crippen LogP) is 3.91. The highest BCUT2D eigenvalue weighted by molar-refractivity contribution is 5.90. The minimum atomic E-state index is -0.205. The maximum absolute atomic E-state index is 12.3. The Morgan fingerprint density at radius 3 is 2.56 bits per heavy atom. The third-order valence-corrected chi connectivity index (χ3v) is 5.10. The number of hydrogen-bond acceptors (Lipinski definition) is 7. The molecule has 3 aromatic rings. The minimum Gasteiger partial charge on any atom is -0.381 e. The van der Waals surface area contributed by atoms with Crippen LogP contribution < -0.4 is 21.3 Å². The second-order valence-electron chi connectivity index (χ2n) is 7.92. The van der Waals surface area contributed by atoms with Crippen LogP contribution >= 0.6 is 0 Å². The monoisotopic (exact) mass is 436 g/mol. The van der Waals surface area contributed by atoms with Crippen molar-refractivity contribution in [3.63, 3.8) is 0 Å². The summed E-state index contributed by atoms with van der Waals surface area (Å²) in [5.74, 6) is 1.81. The number of aryl methyl sites for hydroxylation is 3. The number of anilines is 5. The van der Waals surface area contributed by atoms with E-state index in [-0.39, 0.29) is 12.1 Å². The number of amides is 2. The van der Waals surface area contributed by atoms with Crippen molar-refractivity contribution >= 4 is 35.0 Å². The van der Waals surface area contributed by atoms with Crippen LogP contribution in [0, 0.1) is 20.8 Å². The van der Waals surface area contributed by atoms with E-state index < -0.39 is 0 Å².